The molecule has 0 amide bonds. The van der Waals surface area contributed by atoms with Crippen molar-refractivity contribution in [1.82, 2.24) is 5.32 Å². The lowest BCUT2D eigenvalue weighted by molar-refractivity contribution is 0.340. The SMILES string of the molecule is C=C(CC)CNCc1cccc(OCC)c1. The molecule has 0 saturated carbocycles. The lowest BCUT2D eigenvalue weighted by Gasteiger charge is -2.08. The summed E-state index contributed by atoms with van der Waals surface area (Å²) < 4.78 is 5.45. The van der Waals surface area contributed by atoms with Crippen LogP contribution >= 0.6 is 0 Å². The van der Waals surface area contributed by atoms with E-state index in [0.29, 0.717) is 6.61 Å². The molecule has 0 atom stereocenters. The van der Waals surface area contributed by atoms with E-state index >= 15 is 0 Å². The van der Waals surface area contributed by atoms with E-state index < -0.39 is 0 Å². The van der Waals surface area contributed by atoms with E-state index in [1.54, 1.807) is 0 Å². The van der Waals surface area contributed by atoms with Crippen molar-refractivity contribution in [2.24, 2.45) is 0 Å². The molecule has 0 aliphatic carbocycles. The lowest BCUT2D eigenvalue weighted by atomic mass is 10.2. The summed E-state index contributed by atoms with van der Waals surface area (Å²) in [6.45, 7) is 10.5. The van der Waals surface area contributed by atoms with Crippen LogP contribution in [-0.4, -0.2) is 13.2 Å². The molecule has 0 heterocycles. The summed E-state index contributed by atoms with van der Waals surface area (Å²) >= 11 is 0. The number of benzene rings is 1. The van der Waals surface area contributed by atoms with Crippen molar-refractivity contribution in [2.45, 2.75) is 26.8 Å². The van der Waals surface area contributed by atoms with Crippen molar-refractivity contribution in [2.75, 3.05) is 13.2 Å². The monoisotopic (exact) mass is 219 g/mol. The highest BCUT2D eigenvalue weighted by Crippen LogP contribution is 2.13. The van der Waals surface area contributed by atoms with Crippen molar-refractivity contribution in [1.29, 1.82) is 0 Å². The van der Waals surface area contributed by atoms with E-state index in [2.05, 4.69) is 31.0 Å². The Kier molecular flexibility index (Phi) is 5.65. The molecule has 0 unspecified atom stereocenters. The van der Waals surface area contributed by atoms with Gasteiger partial charge in [-0.3, -0.25) is 0 Å². The summed E-state index contributed by atoms with van der Waals surface area (Å²) in [6.07, 6.45) is 1.03. The topological polar surface area (TPSA) is 21.3 Å². The molecule has 0 spiro atoms. The predicted octanol–water partition coefficient (Wildman–Crippen LogP) is 3.14. The molecule has 88 valence electrons. The zero-order valence-electron chi connectivity index (χ0n) is 10.3. The van der Waals surface area contributed by atoms with Gasteiger partial charge in [0.25, 0.3) is 0 Å². The first-order valence-electron chi connectivity index (χ1n) is 5.85. The predicted molar refractivity (Wildman–Crippen MR) is 68.7 cm³/mol. The lowest BCUT2D eigenvalue weighted by Crippen LogP contribution is -2.15. The second kappa shape index (κ2) is 7.07. The fourth-order valence-corrected chi connectivity index (χ4v) is 1.42. The van der Waals surface area contributed by atoms with Crippen molar-refractivity contribution in [3.63, 3.8) is 0 Å². The van der Waals surface area contributed by atoms with E-state index in [-0.39, 0.29) is 0 Å². The summed E-state index contributed by atoms with van der Waals surface area (Å²) in [5.74, 6) is 0.941. The van der Waals surface area contributed by atoms with Crippen LogP contribution < -0.4 is 10.1 Å². The second-order valence-corrected chi connectivity index (χ2v) is 3.79. The van der Waals surface area contributed by atoms with Crippen LogP contribution in [0.4, 0.5) is 0 Å². The Labute approximate surface area is 98.3 Å². The summed E-state index contributed by atoms with van der Waals surface area (Å²) in [6, 6.07) is 8.18. The Bertz CT molecular complexity index is 333. The van der Waals surface area contributed by atoms with Crippen LogP contribution in [0.2, 0.25) is 0 Å². The molecule has 0 bridgehead atoms. The van der Waals surface area contributed by atoms with Gasteiger partial charge in [0.2, 0.25) is 0 Å². The molecule has 1 N–H and O–H groups in total. The molecule has 0 aliphatic rings. The largest absolute Gasteiger partial charge is 0.494 e. The van der Waals surface area contributed by atoms with Gasteiger partial charge in [-0.15, -0.1) is 0 Å². The minimum Gasteiger partial charge on any atom is -0.494 e. The molecule has 0 aromatic heterocycles. The standard InChI is InChI=1S/C14H21NO/c1-4-12(3)10-15-11-13-7-6-8-14(9-13)16-5-2/h6-9,15H,3-5,10-11H2,1-2H3. The summed E-state index contributed by atoms with van der Waals surface area (Å²) in [7, 11) is 0. The smallest absolute Gasteiger partial charge is 0.119 e. The molecule has 1 aromatic rings. The van der Waals surface area contributed by atoms with E-state index in [4.69, 9.17) is 4.74 Å². The van der Waals surface area contributed by atoms with Gasteiger partial charge in [-0.2, -0.15) is 0 Å². The first kappa shape index (κ1) is 12.8. The van der Waals surface area contributed by atoms with Crippen LogP contribution in [0, 0.1) is 0 Å². The van der Waals surface area contributed by atoms with E-state index in [9.17, 15) is 0 Å². The zero-order valence-corrected chi connectivity index (χ0v) is 10.3. The Balaban J connectivity index is 2.41. The summed E-state index contributed by atoms with van der Waals surface area (Å²) in [4.78, 5) is 0. The number of hydrogen-bond acceptors (Lipinski definition) is 2. The van der Waals surface area contributed by atoms with Crippen LogP contribution in [0.15, 0.2) is 36.4 Å². The van der Waals surface area contributed by atoms with Gasteiger partial charge in [-0.1, -0.05) is 31.2 Å². The molecule has 0 radical (unpaired) electrons. The highest BCUT2D eigenvalue weighted by Gasteiger charge is 1.96. The third-order valence-electron chi connectivity index (χ3n) is 2.41. The van der Waals surface area contributed by atoms with Crippen LogP contribution in [0.3, 0.4) is 0 Å². The number of hydrogen-bond donors (Lipinski definition) is 1. The Hall–Kier alpha value is -1.28. The average Bonchev–Trinajstić information content (AvgIpc) is 2.30. The van der Waals surface area contributed by atoms with Gasteiger partial charge in [0.15, 0.2) is 0 Å². The third kappa shape index (κ3) is 4.49. The quantitative estimate of drug-likeness (QED) is 0.711. The summed E-state index contributed by atoms with van der Waals surface area (Å²) in [5, 5.41) is 3.37. The van der Waals surface area contributed by atoms with Crippen molar-refractivity contribution >= 4 is 0 Å². The number of ether oxygens (including phenoxy) is 1. The van der Waals surface area contributed by atoms with Crippen LogP contribution in [0.25, 0.3) is 0 Å². The molecular formula is C14H21NO. The molecule has 0 fully saturated rings. The van der Waals surface area contributed by atoms with Gasteiger partial charge in [0.05, 0.1) is 6.61 Å². The van der Waals surface area contributed by atoms with Crippen LogP contribution in [0.5, 0.6) is 5.75 Å². The molecule has 0 aliphatic heterocycles. The van der Waals surface area contributed by atoms with Gasteiger partial charge in [-0.25, -0.2) is 0 Å². The Morgan fingerprint density at radius 1 is 1.38 bits per heavy atom. The minimum absolute atomic E-state index is 0.712. The second-order valence-electron chi connectivity index (χ2n) is 3.79. The van der Waals surface area contributed by atoms with Crippen molar-refractivity contribution in [3.05, 3.63) is 42.0 Å². The fraction of sp³-hybridized carbons (Fsp3) is 0.429. The van der Waals surface area contributed by atoms with Gasteiger partial charge >= 0.3 is 0 Å². The maximum absolute atomic E-state index is 5.45. The third-order valence-corrected chi connectivity index (χ3v) is 2.41. The van der Waals surface area contributed by atoms with Crippen molar-refractivity contribution < 1.29 is 4.74 Å². The summed E-state index contributed by atoms with van der Waals surface area (Å²) in [5.41, 5.74) is 2.48. The van der Waals surface area contributed by atoms with Crippen molar-refractivity contribution in [3.8, 4) is 5.75 Å². The molecule has 1 rings (SSSR count). The maximum Gasteiger partial charge on any atom is 0.119 e. The van der Waals surface area contributed by atoms with Gasteiger partial charge in [0.1, 0.15) is 5.75 Å². The van der Waals surface area contributed by atoms with Crippen LogP contribution in [-0.2, 0) is 6.54 Å². The zero-order chi connectivity index (χ0) is 11.8. The molecular weight excluding hydrogens is 198 g/mol. The number of rotatable bonds is 7. The minimum atomic E-state index is 0.712. The van der Waals surface area contributed by atoms with Gasteiger partial charge in [0, 0.05) is 13.1 Å². The molecule has 1 aromatic carbocycles. The molecule has 2 heteroatoms. The van der Waals surface area contributed by atoms with E-state index in [1.165, 1.54) is 11.1 Å². The Morgan fingerprint density at radius 2 is 2.19 bits per heavy atom. The van der Waals surface area contributed by atoms with Gasteiger partial charge < -0.3 is 10.1 Å². The molecule has 2 nitrogen and oxygen atoms in total. The molecule has 16 heavy (non-hydrogen) atoms. The normalized spacial score (nSPS) is 10.1. The number of nitrogens with one attached hydrogen (secondary N) is 1. The average molecular weight is 219 g/mol. The first-order chi connectivity index (χ1) is 7.76. The van der Waals surface area contributed by atoms with E-state index in [1.807, 2.05) is 19.1 Å². The highest BCUT2D eigenvalue weighted by atomic mass is 16.5. The maximum atomic E-state index is 5.45. The first-order valence-corrected chi connectivity index (χ1v) is 5.85. The van der Waals surface area contributed by atoms with E-state index in [0.717, 1.165) is 25.3 Å². The van der Waals surface area contributed by atoms with Gasteiger partial charge in [-0.05, 0) is 31.0 Å². The fourth-order valence-electron chi connectivity index (χ4n) is 1.42. The Morgan fingerprint density at radius 3 is 2.88 bits per heavy atom. The van der Waals surface area contributed by atoms with Crippen LogP contribution in [0.1, 0.15) is 25.8 Å². The molecule has 0 saturated heterocycles. The highest BCUT2D eigenvalue weighted by molar-refractivity contribution is 5.28.